The molecule has 0 unspecified atom stereocenters. The summed E-state index contributed by atoms with van der Waals surface area (Å²) >= 11 is 0. The minimum absolute atomic E-state index is 0.0398. The van der Waals surface area contributed by atoms with Crippen LogP contribution in [0.25, 0.3) is 0 Å². The highest BCUT2D eigenvalue weighted by molar-refractivity contribution is 5.77. The van der Waals surface area contributed by atoms with E-state index in [1.807, 2.05) is 29.2 Å². The van der Waals surface area contributed by atoms with E-state index in [0.29, 0.717) is 39.3 Å². The Kier molecular flexibility index (Phi) is 9.00. The Morgan fingerprint density at radius 1 is 1.10 bits per heavy atom. The van der Waals surface area contributed by atoms with Gasteiger partial charge in [0, 0.05) is 51.4 Å². The lowest BCUT2D eigenvalue weighted by Gasteiger charge is -2.43. The number of methoxy groups -OCH3 is 1. The van der Waals surface area contributed by atoms with Gasteiger partial charge in [-0.2, -0.15) is 0 Å². The van der Waals surface area contributed by atoms with Crippen LogP contribution in [0.5, 0.6) is 5.75 Å². The molecule has 2 saturated heterocycles. The fourth-order valence-corrected chi connectivity index (χ4v) is 4.51. The summed E-state index contributed by atoms with van der Waals surface area (Å²) in [5, 5.41) is 3.06. The van der Waals surface area contributed by atoms with Crippen molar-refractivity contribution in [2.75, 3.05) is 40.0 Å². The molecule has 0 spiro atoms. The summed E-state index contributed by atoms with van der Waals surface area (Å²) < 4.78 is 10.7. The topological polar surface area (TPSA) is 71.1 Å². The summed E-state index contributed by atoms with van der Waals surface area (Å²) in [4.78, 5) is 29.7. The molecule has 2 heterocycles. The van der Waals surface area contributed by atoms with E-state index >= 15 is 0 Å². The highest BCUT2D eigenvalue weighted by Gasteiger charge is 2.34. The summed E-state index contributed by atoms with van der Waals surface area (Å²) in [6.07, 6.45) is 5.62. The zero-order valence-electron chi connectivity index (χ0n) is 19.0. The smallest absolute Gasteiger partial charge is 0.317 e. The second-order valence-electron chi connectivity index (χ2n) is 8.44. The quantitative estimate of drug-likeness (QED) is 0.686. The van der Waals surface area contributed by atoms with Gasteiger partial charge in [0.2, 0.25) is 5.91 Å². The number of hydrogen-bond donors (Lipinski definition) is 1. The van der Waals surface area contributed by atoms with Crippen LogP contribution in [-0.2, 0) is 16.0 Å². The number of aryl methyl sites for hydroxylation is 1. The molecule has 0 saturated carbocycles. The zero-order valence-corrected chi connectivity index (χ0v) is 19.0. The van der Waals surface area contributed by atoms with Crippen LogP contribution in [0.2, 0.25) is 0 Å². The molecule has 2 fully saturated rings. The first kappa shape index (κ1) is 23.4. The maximum absolute atomic E-state index is 12.9. The summed E-state index contributed by atoms with van der Waals surface area (Å²) in [6.45, 7) is 5.62. The number of benzene rings is 1. The third kappa shape index (κ3) is 6.60. The van der Waals surface area contributed by atoms with Crippen LogP contribution in [0.3, 0.4) is 0 Å². The van der Waals surface area contributed by atoms with E-state index in [1.54, 1.807) is 7.11 Å². The van der Waals surface area contributed by atoms with Gasteiger partial charge in [0.25, 0.3) is 0 Å². The van der Waals surface area contributed by atoms with E-state index in [9.17, 15) is 9.59 Å². The van der Waals surface area contributed by atoms with Gasteiger partial charge in [-0.25, -0.2) is 4.79 Å². The molecule has 0 bridgehead atoms. The van der Waals surface area contributed by atoms with Gasteiger partial charge in [-0.05, 0) is 56.2 Å². The maximum Gasteiger partial charge on any atom is 0.317 e. The fraction of sp³-hybridized carbons (Fsp3) is 0.667. The van der Waals surface area contributed by atoms with E-state index in [4.69, 9.17) is 9.47 Å². The van der Waals surface area contributed by atoms with E-state index in [2.05, 4.69) is 17.1 Å². The fourth-order valence-electron chi connectivity index (χ4n) is 4.51. The van der Waals surface area contributed by atoms with Crippen molar-refractivity contribution in [2.24, 2.45) is 0 Å². The molecule has 1 aromatic carbocycles. The summed E-state index contributed by atoms with van der Waals surface area (Å²) in [6, 6.07) is 8.34. The molecule has 1 N–H and O–H groups in total. The number of amides is 3. The molecule has 172 valence electrons. The Hall–Kier alpha value is -2.28. The molecular formula is C24H37N3O4. The van der Waals surface area contributed by atoms with Crippen LogP contribution in [0.15, 0.2) is 24.3 Å². The number of rotatable bonds is 8. The van der Waals surface area contributed by atoms with Gasteiger partial charge in [0.1, 0.15) is 5.75 Å². The minimum Gasteiger partial charge on any atom is -0.497 e. The first-order valence-corrected chi connectivity index (χ1v) is 11.7. The van der Waals surface area contributed by atoms with Crippen molar-refractivity contribution >= 4 is 11.9 Å². The average Bonchev–Trinajstić information content (AvgIpc) is 2.83. The second-order valence-corrected chi connectivity index (χ2v) is 8.44. The molecule has 0 aliphatic carbocycles. The molecule has 31 heavy (non-hydrogen) atoms. The lowest BCUT2D eigenvalue weighted by atomic mass is 9.98. The molecule has 7 heteroatoms. The van der Waals surface area contributed by atoms with E-state index < -0.39 is 0 Å². The summed E-state index contributed by atoms with van der Waals surface area (Å²) in [7, 11) is 1.65. The highest BCUT2D eigenvalue weighted by Crippen LogP contribution is 2.24. The standard InChI is InChI=1S/C24H37N3O4/c1-3-14-25-24(29)27(21-12-17-31-18-13-21)20-10-15-26(16-11-20)23(28)9-6-19-4-7-22(30-2)8-5-19/h4-5,7-8,20-21H,3,6,9-18H2,1-2H3,(H,25,29). The minimum atomic E-state index is 0.0398. The van der Waals surface area contributed by atoms with Crippen molar-refractivity contribution < 1.29 is 19.1 Å². The third-order valence-electron chi connectivity index (χ3n) is 6.34. The van der Waals surface area contributed by atoms with Crippen LogP contribution in [0.4, 0.5) is 4.79 Å². The number of hydrogen-bond acceptors (Lipinski definition) is 4. The average molecular weight is 432 g/mol. The van der Waals surface area contributed by atoms with Crippen molar-refractivity contribution in [3.05, 3.63) is 29.8 Å². The molecule has 3 amide bonds. The highest BCUT2D eigenvalue weighted by atomic mass is 16.5. The number of carbonyl (C=O) groups excluding carboxylic acids is 2. The molecule has 2 aliphatic heterocycles. The molecular weight excluding hydrogens is 394 g/mol. The van der Waals surface area contributed by atoms with Crippen molar-refractivity contribution in [3.63, 3.8) is 0 Å². The first-order chi connectivity index (χ1) is 15.1. The van der Waals surface area contributed by atoms with Crippen molar-refractivity contribution in [2.45, 2.75) is 64.0 Å². The maximum atomic E-state index is 12.9. The number of urea groups is 1. The second kappa shape index (κ2) is 11.9. The van der Waals surface area contributed by atoms with Crippen LogP contribution in [0, 0.1) is 0 Å². The molecule has 0 aromatic heterocycles. The summed E-state index contributed by atoms with van der Waals surface area (Å²) in [5.41, 5.74) is 1.14. The van der Waals surface area contributed by atoms with Gasteiger partial charge >= 0.3 is 6.03 Å². The Morgan fingerprint density at radius 3 is 2.35 bits per heavy atom. The van der Waals surface area contributed by atoms with E-state index in [1.165, 1.54) is 0 Å². The van der Waals surface area contributed by atoms with Crippen LogP contribution in [0.1, 0.15) is 51.0 Å². The van der Waals surface area contributed by atoms with Gasteiger partial charge in [-0.1, -0.05) is 19.1 Å². The van der Waals surface area contributed by atoms with Crippen LogP contribution < -0.4 is 10.1 Å². The number of likely N-dealkylation sites (tertiary alicyclic amines) is 1. The van der Waals surface area contributed by atoms with Crippen molar-refractivity contribution in [1.29, 1.82) is 0 Å². The molecule has 1 aromatic rings. The molecule has 7 nitrogen and oxygen atoms in total. The molecule has 0 atom stereocenters. The van der Waals surface area contributed by atoms with Gasteiger partial charge in [-0.15, -0.1) is 0 Å². The number of ether oxygens (including phenoxy) is 2. The molecule has 3 rings (SSSR count). The van der Waals surface area contributed by atoms with Crippen LogP contribution in [-0.4, -0.2) is 73.8 Å². The number of piperidine rings is 1. The van der Waals surface area contributed by atoms with Gasteiger partial charge in [-0.3, -0.25) is 4.79 Å². The predicted molar refractivity (Wildman–Crippen MR) is 120 cm³/mol. The number of nitrogens with one attached hydrogen (secondary N) is 1. The number of nitrogens with zero attached hydrogens (tertiary/aromatic N) is 2. The van der Waals surface area contributed by atoms with Gasteiger partial charge in [0.05, 0.1) is 7.11 Å². The Bertz CT molecular complexity index is 695. The van der Waals surface area contributed by atoms with Crippen LogP contribution >= 0.6 is 0 Å². The third-order valence-corrected chi connectivity index (χ3v) is 6.34. The van der Waals surface area contributed by atoms with Gasteiger partial charge < -0.3 is 24.6 Å². The van der Waals surface area contributed by atoms with E-state index in [0.717, 1.165) is 49.8 Å². The molecule has 0 radical (unpaired) electrons. The first-order valence-electron chi connectivity index (χ1n) is 11.7. The Morgan fingerprint density at radius 2 is 1.74 bits per heavy atom. The van der Waals surface area contributed by atoms with Gasteiger partial charge in [0.15, 0.2) is 0 Å². The van der Waals surface area contributed by atoms with Crippen molar-refractivity contribution in [3.8, 4) is 5.75 Å². The van der Waals surface area contributed by atoms with E-state index in [-0.39, 0.29) is 24.0 Å². The Balaban J connectivity index is 1.51. The SMILES string of the molecule is CCCNC(=O)N(C1CCOCC1)C1CCN(C(=O)CCc2ccc(OC)cc2)CC1. The predicted octanol–water partition coefficient (Wildman–Crippen LogP) is 3.22. The Labute approximate surface area is 186 Å². The monoisotopic (exact) mass is 431 g/mol. The zero-order chi connectivity index (χ0) is 22.1. The summed E-state index contributed by atoms with van der Waals surface area (Å²) in [5.74, 6) is 1.02. The largest absolute Gasteiger partial charge is 0.497 e. The lowest BCUT2D eigenvalue weighted by Crippen LogP contribution is -2.56. The number of carbonyl (C=O) groups is 2. The van der Waals surface area contributed by atoms with Crippen molar-refractivity contribution in [1.82, 2.24) is 15.1 Å². The normalized spacial score (nSPS) is 17.9. The molecule has 2 aliphatic rings. The lowest BCUT2D eigenvalue weighted by molar-refractivity contribution is -0.132.